The number of aromatic nitrogens is 3. The van der Waals surface area contributed by atoms with Crippen molar-refractivity contribution in [2.45, 2.75) is 32.7 Å². The third-order valence-electron chi connectivity index (χ3n) is 5.17. The summed E-state index contributed by atoms with van der Waals surface area (Å²) in [6.07, 6.45) is 2.68. The molecule has 142 valence electrons. The maximum Gasteiger partial charge on any atom is 0.228 e. The number of amides is 1. The molecule has 1 saturated heterocycles. The van der Waals surface area contributed by atoms with Gasteiger partial charge in [-0.05, 0) is 31.9 Å². The summed E-state index contributed by atoms with van der Waals surface area (Å²) in [5, 5.41) is 8.48. The molecule has 27 heavy (non-hydrogen) atoms. The Balaban J connectivity index is 1.53. The van der Waals surface area contributed by atoms with Crippen LogP contribution >= 0.6 is 0 Å². The summed E-state index contributed by atoms with van der Waals surface area (Å²) in [6.45, 7) is 3.69. The second kappa shape index (κ2) is 6.53. The maximum atomic E-state index is 12.6. The molecule has 0 bridgehead atoms. The molecule has 1 unspecified atom stereocenters. The molecule has 4 rings (SSSR count). The number of sulfone groups is 1. The van der Waals surface area contributed by atoms with Crippen molar-refractivity contribution in [2.75, 3.05) is 16.8 Å². The van der Waals surface area contributed by atoms with Gasteiger partial charge in [-0.1, -0.05) is 18.2 Å². The van der Waals surface area contributed by atoms with E-state index < -0.39 is 9.84 Å². The Morgan fingerprint density at radius 3 is 2.85 bits per heavy atom. The number of rotatable bonds is 4. The van der Waals surface area contributed by atoms with E-state index >= 15 is 0 Å². The smallest absolute Gasteiger partial charge is 0.228 e. The minimum atomic E-state index is -2.99. The minimum absolute atomic E-state index is 0.109. The predicted octanol–water partition coefficient (Wildman–Crippen LogP) is 2.52. The summed E-state index contributed by atoms with van der Waals surface area (Å²) in [5.41, 5.74) is 4.10. The van der Waals surface area contributed by atoms with Gasteiger partial charge in [-0.15, -0.1) is 0 Å². The van der Waals surface area contributed by atoms with Crippen LogP contribution < -0.4 is 5.32 Å². The summed E-state index contributed by atoms with van der Waals surface area (Å²) in [6, 6.07) is 7.71. The Morgan fingerprint density at radius 2 is 2.11 bits per heavy atom. The summed E-state index contributed by atoms with van der Waals surface area (Å²) in [4.78, 5) is 15.8. The van der Waals surface area contributed by atoms with Gasteiger partial charge in [0.25, 0.3) is 0 Å². The fourth-order valence-electron chi connectivity index (χ4n) is 3.80. The molecular weight excluding hydrogens is 364 g/mol. The number of hydrogen-bond acceptors (Lipinski definition) is 4. The highest BCUT2D eigenvalue weighted by molar-refractivity contribution is 7.91. The highest BCUT2D eigenvalue weighted by atomic mass is 32.2. The molecular formula is C19H22N4O3S. The molecule has 0 spiro atoms. The number of para-hydroxylation sites is 1. The van der Waals surface area contributed by atoms with Crippen molar-refractivity contribution in [3.63, 3.8) is 0 Å². The summed E-state index contributed by atoms with van der Waals surface area (Å²) < 4.78 is 25.3. The van der Waals surface area contributed by atoms with Crippen LogP contribution in [0.4, 0.5) is 5.69 Å². The van der Waals surface area contributed by atoms with Gasteiger partial charge < -0.3 is 10.3 Å². The van der Waals surface area contributed by atoms with Crippen LogP contribution in [0.2, 0.25) is 0 Å². The fourth-order valence-corrected chi connectivity index (χ4v) is 5.49. The number of aromatic amines is 1. The molecule has 8 heteroatoms. The van der Waals surface area contributed by atoms with Crippen LogP contribution in [0.25, 0.3) is 10.9 Å². The molecule has 0 saturated carbocycles. The quantitative estimate of drug-likeness (QED) is 0.720. The van der Waals surface area contributed by atoms with Crippen LogP contribution in [-0.4, -0.2) is 40.6 Å². The summed E-state index contributed by atoms with van der Waals surface area (Å²) in [7, 11) is -2.99. The van der Waals surface area contributed by atoms with Crippen LogP contribution in [0.5, 0.6) is 0 Å². The lowest BCUT2D eigenvalue weighted by Gasteiger charge is -2.11. The molecule has 1 amide bonds. The zero-order valence-electron chi connectivity index (χ0n) is 15.3. The number of nitrogens with one attached hydrogen (secondary N) is 2. The number of aryl methyl sites for hydroxylation is 1. The van der Waals surface area contributed by atoms with E-state index in [4.69, 9.17) is 0 Å². The number of anilines is 1. The van der Waals surface area contributed by atoms with Gasteiger partial charge in [0.15, 0.2) is 9.84 Å². The highest BCUT2D eigenvalue weighted by Gasteiger charge is 2.31. The van der Waals surface area contributed by atoms with Crippen molar-refractivity contribution >= 4 is 32.3 Å². The molecule has 1 aliphatic rings. The number of H-pyrrole nitrogens is 1. The van der Waals surface area contributed by atoms with Gasteiger partial charge in [0.2, 0.25) is 5.91 Å². The monoisotopic (exact) mass is 386 g/mol. The van der Waals surface area contributed by atoms with E-state index in [1.807, 2.05) is 44.3 Å². The molecule has 1 atom stereocenters. The predicted molar refractivity (Wildman–Crippen MR) is 105 cm³/mol. The fraction of sp³-hybridized carbons (Fsp3) is 0.368. The van der Waals surface area contributed by atoms with Gasteiger partial charge in [-0.25, -0.2) is 8.42 Å². The van der Waals surface area contributed by atoms with Crippen LogP contribution in [0, 0.1) is 13.8 Å². The Bertz CT molecular complexity index is 1130. The van der Waals surface area contributed by atoms with Gasteiger partial charge in [0, 0.05) is 17.1 Å². The van der Waals surface area contributed by atoms with E-state index in [1.165, 1.54) is 0 Å². The van der Waals surface area contributed by atoms with Gasteiger partial charge >= 0.3 is 0 Å². The maximum absolute atomic E-state index is 12.6. The van der Waals surface area contributed by atoms with Gasteiger partial charge in [-0.2, -0.15) is 5.10 Å². The molecule has 1 fully saturated rings. The molecule has 1 aromatic carbocycles. The average Bonchev–Trinajstić information content (AvgIpc) is 3.27. The number of nitrogens with zero attached hydrogens (tertiary/aromatic N) is 2. The second-order valence-electron chi connectivity index (χ2n) is 7.13. The largest absolute Gasteiger partial charge is 0.361 e. The van der Waals surface area contributed by atoms with Crippen molar-refractivity contribution in [3.05, 3.63) is 47.4 Å². The van der Waals surface area contributed by atoms with Crippen LogP contribution in [0.1, 0.15) is 29.4 Å². The minimum Gasteiger partial charge on any atom is -0.361 e. The zero-order chi connectivity index (χ0) is 19.2. The van der Waals surface area contributed by atoms with Crippen molar-refractivity contribution < 1.29 is 13.2 Å². The number of fused-ring (bicyclic) bond motifs is 1. The molecule has 0 aliphatic carbocycles. The Morgan fingerprint density at radius 1 is 1.33 bits per heavy atom. The molecule has 2 N–H and O–H groups in total. The summed E-state index contributed by atoms with van der Waals surface area (Å²) >= 11 is 0. The van der Waals surface area contributed by atoms with Crippen molar-refractivity contribution in [3.8, 4) is 0 Å². The number of hydrogen-bond donors (Lipinski definition) is 2. The van der Waals surface area contributed by atoms with E-state index in [-0.39, 0.29) is 29.9 Å². The lowest BCUT2D eigenvalue weighted by atomic mass is 10.1. The molecule has 0 radical (unpaired) electrons. The third-order valence-corrected chi connectivity index (χ3v) is 6.92. The van der Waals surface area contributed by atoms with Crippen LogP contribution in [-0.2, 0) is 21.1 Å². The third kappa shape index (κ3) is 3.37. The number of carbonyl (C=O) groups excluding carboxylic acids is 1. The first kappa shape index (κ1) is 17.8. The standard InChI is InChI=1S/C19H22N4O3S/c1-12-19(13(2)23(22-12)15-7-8-27(25,26)11-15)21-18(24)9-14-10-20-17-6-4-3-5-16(14)17/h3-6,10,15,20H,7-9,11H2,1-2H3,(H,21,24). The topological polar surface area (TPSA) is 96.8 Å². The highest BCUT2D eigenvalue weighted by Crippen LogP contribution is 2.29. The Labute approximate surface area is 157 Å². The van der Waals surface area contributed by atoms with Crippen molar-refractivity contribution in [2.24, 2.45) is 0 Å². The number of carbonyl (C=O) groups is 1. The van der Waals surface area contributed by atoms with Gasteiger partial charge in [0.1, 0.15) is 0 Å². The van der Waals surface area contributed by atoms with Gasteiger partial charge in [0.05, 0.1) is 41.0 Å². The zero-order valence-corrected chi connectivity index (χ0v) is 16.1. The average molecular weight is 386 g/mol. The molecule has 3 aromatic rings. The first-order valence-corrected chi connectivity index (χ1v) is 10.8. The van der Waals surface area contributed by atoms with E-state index in [0.717, 1.165) is 22.2 Å². The lowest BCUT2D eigenvalue weighted by Crippen LogP contribution is -2.16. The number of benzene rings is 1. The van der Waals surface area contributed by atoms with E-state index in [1.54, 1.807) is 4.68 Å². The Hall–Kier alpha value is -2.61. The first-order chi connectivity index (χ1) is 12.8. The lowest BCUT2D eigenvalue weighted by molar-refractivity contribution is -0.115. The summed E-state index contributed by atoms with van der Waals surface area (Å²) in [5.74, 6) is 0.181. The van der Waals surface area contributed by atoms with Crippen LogP contribution in [0.15, 0.2) is 30.5 Å². The second-order valence-corrected chi connectivity index (χ2v) is 9.36. The molecule has 1 aliphatic heterocycles. The normalized spacial score (nSPS) is 18.8. The molecule has 3 heterocycles. The molecule has 7 nitrogen and oxygen atoms in total. The molecule has 2 aromatic heterocycles. The van der Waals surface area contributed by atoms with Crippen LogP contribution in [0.3, 0.4) is 0 Å². The van der Waals surface area contributed by atoms with Gasteiger partial charge in [-0.3, -0.25) is 9.48 Å². The first-order valence-electron chi connectivity index (χ1n) is 8.95. The van der Waals surface area contributed by atoms with Crippen molar-refractivity contribution in [1.82, 2.24) is 14.8 Å². The SMILES string of the molecule is Cc1nn(C2CCS(=O)(=O)C2)c(C)c1NC(=O)Cc1c[nH]c2ccccc12. The Kier molecular flexibility index (Phi) is 4.30. The van der Waals surface area contributed by atoms with E-state index in [0.29, 0.717) is 17.8 Å². The van der Waals surface area contributed by atoms with Crippen molar-refractivity contribution in [1.29, 1.82) is 0 Å². The van der Waals surface area contributed by atoms with E-state index in [9.17, 15) is 13.2 Å². The van der Waals surface area contributed by atoms with E-state index in [2.05, 4.69) is 15.4 Å².